The molecule has 3 aliphatic heterocycles. The Bertz CT molecular complexity index is 1830. The largest absolute Gasteiger partial charge is 0.481 e. The van der Waals surface area contributed by atoms with Gasteiger partial charge in [-0.2, -0.15) is 0 Å². The van der Waals surface area contributed by atoms with Gasteiger partial charge in [-0.3, -0.25) is 9.59 Å². The molecule has 3 aromatic rings. The Morgan fingerprint density at radius 3 is 2.40 bits per heavy atom. The molecule has 0 saturated carbocycles. The fourth-order valence-electron chi connectivity index (χ4n) is 7.36. The number of carbonyl (C=O) groups excluding carboxylic acids is 1. The van der Waals surface area contributed by atoms with Gasteiger partial charge in [-0.05, 0) is 86.6 Å². The number of hydrogen-bond donors (Lipinski definition) is 6. The highest BCUT2D eigenvalue weighted by molar-refractivity contribution is 5.76. The number of carboxylic acids is 1. The number of H-pyrrole nitrogens is 3. The molecule has 0 amide bonds. The van der Waals surface area contributed by atoms with E-state index in [1.165, 1.54) is 5.56 Å². The van der Waals surface area contributed by atoms with Gasteiger partial charge < -0.3 is 35.2 Å². The summed E-state index contributed by atoms with van der Waals surface area (Å²) in [4.78, 5) is 35.0. The molecule has 226 valence electrons. The minimum absolute atomic E-state index is 0.0302. The van der Waals surface area contributed by atoms with Crippen LogP contribution in [0.15, 0.2) is 12.3 Å². The van der Waals surface area contributed by atoms with Gasteiger partial charge in [-0.1, -0.05) is 19.6 Å². The molecule has 43 heavy (non-hydrogen) atoms. The SMILES string of the molecule is C=Cc1c(C)/c2[nH]/c1=C\c1[nH]c(c(CC)c1C)CC1N/C(=C\c3[nH]c(c(C)c3CCC(=O)O)\C=2)[C@]2(CCC(=O)O2)[C@@]1(C)O. The van der Waals surface area contributed by atoms with E-state index in [-0.39, 0.29) is 18.8 Å². The summed E-state index contributed by atoms with van der Waals surface area (Å²) in [5.74, 6) is -1.23. The molecule has 3 aliphatic rings. The molecule has 0 aliphatic carbocycles. The van der Waals surface area contributed by atoms with Gasteiger partial charge in [0.05, 0.1) is 11.7 Å². The minimum Gasteiger partial charge on any atom is -0.481 e. The Labute approximate surface area is 250 Å². The van der Waals surface area contributed by atoms with E-state index < -0.39 is 23.2 Å². The summed E-state index contributed by atoms with van der Waals surface area (Å²) in [5.41, 5.74) is 7.75. The van der Waals surface area contributed by atoms with E-state index in [0.717, 1.165) is 67.7 Å². The smallest absolute Gasteiger partial charge is 0.307 e. The van der Waals surface area contributed by atoms with Crippen LogP contribution in [-0.4, -0.2) is 54.3 Å². The zero-order valence-electron chi connectivity index (χ0n) is 25.5. The topological polar surface area (TPSA) is 143 Å². The number of hydrogen-bond acceptors (Lipinski definition) is 5. The molecule has 6 rings (SSSR count). The molecular weight excluding hydrogens is 544 g/mol. The zero-order valence-corrected chi connectivity index (χ0v) is 25.5. The molecule has 8 bridgehead atoms. The summed E-state index contributed by atoms with van der Waals surface area (Å²) >= 11 is 0. The molecule has 2 saturated heterocycles. The third kappa shape index (κ3) is 4.40. The molecular formula is C34H40N4O5. The van der Waals surface area contributed by atoms with Crippen LogP contribution >= 0.6 is 0 Å². The molecule has 0 radical (unpaired) electrons. The van der Waals surface area contributed by atoms with E-state index in [0.29, 0.717) is 25.0 Å². The van der Waals surface area contributed by atoms with Crippen LogP contribution in [0.4, 0.5) is 0 Å². The first-order valence-corrected chi connectivity index (χ1v) is 15.0. The van der Waals surface area contributed by atoms with Crippen molar-refractivity contribution in [3.8, 4) is 0 Å². The lowest BCUT2D eigenvalue weighted by Crippen LogP contribution is -2.54. The van der Waals surface area contributed by atoms with Crippen molar-refractivity contribution < 1.29 is 24.5 Å². The quantitative estimate of drug-likeness (QED) is 0.254. The maximum atomic E-state index is 12.6. The molecule has 1 unspecified atom stereocenters. The number of ether oxygens (including phenoxy) is 1. The molecule has 3 aromatic heterocycles. The number of nitrogens with one attached hydrogen (secondary N) is 4. The van der Waals surface area contributed by atoms with Crippen molar-refractivity contribution in [2.24, 2.45) is 0 Å². The van der Waals surface area contributed by atoms with Crippen molar-refractivity contribution in [1.29, 1.82) is 0 Å². The zero-order chi connectivity index (χ0) is 30.8. The molecule has 3 atom stereocenters. The summed E-state index contributed by atoms with van der Waals surface area (Å²) < 4.78 is 6.01. The van der Waals surface area contributed by atoms with Crippen LogP contribution in [-0.2, 0) is 33.6 Å². The second-order valence-corrected chi connectivity index (χ2v) is 12.3. The monoisotopic (exact) mass is 584 g/mol. The first-order valence-electron chi connectivity index (χ1n) is 15.0. The second kappa shape index (κ2) is 10.2. The van der Waals surface area contributed by atoms with E-state index in [1.807, 2.05) is 25.2 Å². The number of rotatable bonds is 5. The van der Waals surface area contributed by atoms with E-state index in [2.05, 4.69) is 53.7 Å². The highest BCUT2D eigenvalue weighted by Gasteiger charge is 2.64. The predicted octanol–water partition coefficient (Wildman–Crippen LogP) is 3.17. The number of aromatic nitrogens is 3. The lowest BCUT2D eigenvalue weighted by molar-refractivity contribution is -0.163. The van der Waals surface area contributed by atoms with Crippen molar-refractivity contribution in [3.05, 3.63) is 79.1 Å². The molecule has 1 spiro atoms. The summed E-state index contributed by atoms with van der Waals surface area (Å²) in [6, 6.07) is -0.457. The van der Waals surface area contributed by atoms with Crippen LogP contribution in [0.25, 0.3) is 24.3 Å². The number of fused-ring (bicyclic) bond motifs is 9. The summed E-state index contributed by atoms with van der Waals surface area (Å²) in [5, 5.41) is 27.1. The van der Waals surface area contributed by atoms with Gasteiger partial charge in [0.15, 0.2) is 5.60 Å². The Kier molecular flexibility index (Phi) is 6.84. The summed E-state index contributed by atoms with van der Waals surface area (Å²) in [6.07, 6.45) is 10.1. The maximum absolute atomic E-state index is 12.6. The molecule has 2 fully saturated rings. The Hall–Kier alpha value is -4.24. The highest BCUT2D eigenvalue weighted by Crippen LogP contribution is 2.49. The molecule has 9 heteroatoms. The average molecular weight is 585 g/mol. The number of aliphatic hydroxyl groups is 1. The van der Waals surface area contributed by atoms with Gasteiger partial charge in [0.1, 0.15) is 5.60 Å². The third-order valence-corrected chi connectivity index (χ3v) is 9.98. The van der Waals surface area contributed by atoms with Crippen LogP contribution in [0.1, 0.15) is 89.3 Å². The van der Waals surface area contributed by atoms with Crippen molar-refractivity contribution in [1.82, 2.24) is 20.3 Å². The van der Waals surface area contributed by atoms with Crippen molar-refractivity contribution >= 4 is 36.2 Å². The average Bonchev–Trinajstić information content (AvgIpc) is 3.69. The summed E-state index contributed by atoms with van der Waals surface area (Å²) in [6.45, 7) is 14.1. The molecule has 0 aromatic carbocycles. The van der Waals surface area contributed by atoms with Crippen LogP contribution in [0.5, 0.6) is 0 Å². The number of esters is 1. The van der Waals surface area contributed by atoms with Crippen LogP contribution in [0.2, 0.25) is 0 Å². The van der Waals surface area contributed by atoms with Crippen LogP contribution < -0.4 is 16.0 Å². The van der Waals surface area contributed by atoms with Crippen molar-refractivity contribution in [2.75, 3.05) is 0 Å². The van der Waals surface area contributed by atoms with Gasteiger partial charge in [-0.15, -0.1) is 0 Å². The van der Waals surface area contributed by atoms with E-state index in [9.17, 15) is 19.8 Å². The number of carbonyl (C=O) groups is 2. The first kappa shape index (κ1) is 28.9. The third-order valence-electron chi connectivity index (χ3n) is 9.98. The number of aromatic amines is 3. The lowest BCUT2D eigenvalue weighted by Gasteiger charge is -2.37. The Morgan fingerprint density at radius 2 is 1.74 bits per heavy atom. The molecule has 6 N–H and O–H groups in total. The van der Waals surface area contributed by atoms with E-state index in [1.54, 1.807) is 6.92 Å². The minimum atomic E-state index is -1.41. The number of carboxylic acid groups (broad SMARTS) is 1. The maximum Gasteiger partial charge on any atom is 0.307 e. The Morgan fingerprint density at radius 1 is 1.05 bits per heavy atom. The lowest BCUT2D eigenvalue weighted by atomic mass is 9.77. The van der Waals surface area contributed by atoms with Gasteiger partial charge >= 0.3 is 11.9 Å². The highest BCUT2D eigenvalue weighted by atomic mass is 16.6. The van der Waals surface area contributed by atoms with Gasteiger partial charge in [-0.25, -0.2) is 0 Å². The standard InChI is InChI=1S/C34H40N4O5/c1-7-20-17(3)23-13-24-19(5)22(9-10-31(39)40)28(37-24)16-30-34(12-11-32(41)43-34)33(6,42)29(38-30)15-27-21(8-2)18(4)25(36-27)14-26(20)35-23/h7,13-14,16,29,35-38,42H,1,8-12,15H2,2-6H3,(H,39,40)/b23-13-,26-14-,30-16-/t29?,33-,34+/m0/s1. The molecule has 6 heterocycles. The van der Waals surface area contributed by atoms with Crippen molar-refractivity contribution in [2.45, 2.75) is 90.4 Å². The van der Waals surface area contributed by atoms with Gasteiger partial charge in [0, 0.05) is 64.7 Å². The van der Waals surface area contributed by atoms with E-state index in [4.69, 9.17) is 4.74 Å². The fraction of sp³-hybridized carbons (Fsp3) is 0.412. The van der Waals surface area contributed by atoms with Crippen LogP contribution in [0, 0.1) is 20.8 Å². The number of aliphatic carboxylic acids is 1. The predicted molar refractivity (Wildman–Crippen MR) is 166 cm³/mol. The van der Waals surface area contributed by atoms with Gasteiger partial charge in [0.25, 0.3) is 0 Å². The van der Waals surface area contributed by atoms with Gasteiger partial charge in [0.2, 0.25) is 0 Å². The van der Waals surface area contributed by atoms with Crippen molar-refractivity contribution in [3.63, 3.8) is 0 Å². The van der Waals surface area contributed by atoms with E-state index >= 15 is 0 Å². The fourth-order valence-corrected chi connectivity index (χ4v) is 7.36. The second-order valence-electron chi connectivity index (χ2n) is 12.3. The Balaban J connectivity index is 1.67. The molecule has 9 nitrogen and oxygen atoms in total. The summed E-state index contributed by atoms with van der Waals surface area (Å²) in [7, 11) is 0. The van der Waals surface area contributed by atoms with Crippen LogP contribution in [0.3, 0.4) is 0 Å². The normalized spacial score (nSPS) is 27.1. The first-order chi connectivity index (χ1) is 20.4.